The van der Waals surface area contributed by atoms with Crippen LogP contribution in [0.2, 0.25) is 0 Å². The summed E-state index contributed by atoms with van der Waals surface area (Å²) in [7, 11) is 3.03. The summed E-state index contributed by atoms with van der Waals surface area (Å²) in [6, 6.07) is 0. The molecule has 13 heavy (non-hydrogen) atoms. The second kappa shape index (κ2) is 3.80. The van der Waals surface area contributed by atoms with Crippen molar-refractivity contribution in [3.05, 3.63) is 0 Å². The monoisotopic (exact) mass is 182 g/mol. The molecule has 0 spiro atoms. The summed E-state index contributed by atoms with van der Waals surface area (Å²) in [6.45, 7) is 0. The zero-order chi connectivity index (χ0) is 9.90. The summed E-state index contributed by atoms with van der Waals surface area (Å²) in [6.07, 6.45) is 7.41. The molecule has 3 heteroatoms. The minimum Gasteiger partial charge on any atom is -0.469 e. The van der Waals surface area contributed by atoms with Crippen LogP contribution in [0.1, 0.15) is 19.3 Å². The van der Waals surface area contributed by atoms with E-state index in [2.05, 4.69) is 10.7 Å². The maximum absolute atomic E-state index is 11.0. The van der Waals surface area contributed by atoms with E-state index in [0.717, 1.165) is 12.8 Å². The molecule has 0 unspecified atom stereocenters. The van der Waals surface area contributed by atoms with Crippen LogP contribution in [0.3, 0.4) is 0 Å². The third-order valence-corrected chi connectivity index (χ3v) is 2.59. The van der Waals surface area contributed by atoms with Gasteiger partial charge in [-0.05, 0) is 12.8 Å². The van der Waals surface area contributed by atoms with E-state index in [1.807, 2.05) is 0 Å². The Labute approximate surface area is 78.4 Å². The minimum atomic E-state index is -0.312. The van der Waals surface area contributed by atoms with Crippen molar-refractivity contribution < 1.29 is 14.3 Å². The van der Waals surface area contributed by atoms with Crippen molar-refractivity contribution in [2.75, 3.05) is 14.2 Å². The molecule has 1 rings (SSSR count). The van der Waals surface area contributed by atoms with Gasteiger partial charge in [-0.2, -0.15) is 0 Å². The summed E-state index contributed by atoms with van der Waals surface area (Å²) in [5.74, 6) is 2.42. The fourth-order valence-electron chi connectivity index (χ4n) is 1.64. The molecule has 1 aliphatic carbocycles. The molecule has 1 aliphatic rings. The number of ether oxygens (including phenoxy) is 2. The van der Waals surface area contributed by atoms with E-state index in [1.54, 1.807) is 7.11 Å². The molecule has 0 saturated heterocycles. The highest BCUT2D eigenvalue weighted by Crippen LogP contribution is 2.44. The first-order valence-electron chi connectivity index (χ1n) is 4.23. The van der Waals surface area contributed by atoms with Crippen molar-refractivity contribution in [3.63, 3.8) is 0 Å². The maximum atomic E-state index is 11.0. The maximum Gasteiger partial charge on any atom is 0.307 e. The van der Waals surface area contributed by atoms with Crippen LogP contribution in [0.25, 0.3) is 0 Å². The molecule has 0 aromatic carbocycles. The number of hydrogen-bond acceptors (Lipinski definition) is 3. The van der Waals surface area contributed by atoms with Gasteiger partial charge in [0.15, 0.2) is 0 Å². The van der Waals surface area contributed by atoms with Crippen LogP contribution in [0.15, 0.2) is 0 Å². The van der Waals surface area contributed by atoms with Crippen LogP contribution in [0.4, 0.5) is 0 Å². The molecule has 0 aromatic heterocycles. The fraction of sp³-hybridized carbons (Fsp3) is 0.700. The minimum absolute atomic E-state index is 0.209. The normalized spacial score (nSPS) is 31.6. The van der Waals surface area contributed by atoms with Crippen LogP contribution >= 0.6 is 0 Å². The van der Waals surface area contributed by atoms with E-state index in [0.29, 0.717) is 6.42 Å². The Balaban J connectivity index is 2.47. The number of carbonyl (C=O) groups is 1. The van der Waals surface area contributed by atoms with Gasteiger partial charge in [0.1, 0.15) is 0 Å². The predicted octanol–water partition coefficient (Wildman–Crippen LogP) is 0.978. The van der Waals surface area contributed by atoms with Gasteiger partial charge in [0.05, 0.1) is 19.6 Å². The summed E-state index contributed by atoms with van der Waals surface area (Å²) in [4.78, 5) is 11.0. The molecule has 1 fully saturated rings. The number of hydrogen-bond donors (Lipinski definition) is 0. The number of rotatable bonds is 3. The Morgan fingerprint density at radius 1 is 1.62 bits per heavy atom. The molecule has 0 aliphatic heterocycles. The molecule has 0 heterocycles. The van der Waals surface area contributed by atoms with Crippen LogP contribution < -0.4 is 0 Å². The van der Waals surface area contributed by atoms with Crippen molar-refractivity contribution >= 4 is 5.97 Å². The van der Waals surface area contributed by atoms with Gasteiger partial charge in [0.25, 0.3) is 0 Å². The van der Waals surface area contributed by atoms with Crippen LogP contribution in [0.5, 0.6) is 0 Å². The molecule has 3 nitrogen and oxygen atoms in total. The highest BCUT2D eigenvalue weighted by Gasteiger charge is 2.44. The average Bonchev–Trinajstić information content (AvgIpc) is 2.10. The number of carbonyl (C=O) groups excluding carboxylic acids is 1. The summed E-state index contributed by atoms with van der Waals surface area (Å²) in [5.41, 5.74) is -0.312. The lowest BCUT2D eigenvalue weighted by Gasteiger charge is -2.42. The van der Waals surface area contributed by atoms with Crippen molar-refractivity contribution in [1.29, 1.82) is 0 Å². The van der Waals surface area contributed by atoms with Gasteiger partial charge in [-0.1, -0.05) is 5.92 Å². The quantitative estimate of drug-likeness (QED) is 0.482. The third-order valence-electron chi connectivity index (χ3n) is 2.59. The Hall–Kier alpha value is -1.01. The molecular weight excluding hydrogens is 168 g/mol. The average molecular weight is 182 g/mol. The molecule has 0 N–H and O–H groups in total. The summed E-state index contributed by atoms with van der Waals surface area (Å²) < 4.78 is 9.69. The SMILES string of the molecule is C#CC1(CC(=O)OC)CC(OC)C1. The fourth-order valence-corrected chi connectivity index (χ4v) is 1.64. The van der Waals surface area contributed by atoms with E-state index in [1.165, 1.54) is 7.11 Å². The zero-order valence-corrected chi connectivity index (χ0v) is 8.00. The highest BCUT2D eigenvalue weighted by molar-refractivity contribution is 5.71. The lowest BCUT2D eigenvalue weighted by molar-refractivity contribution is -0.146. The van der Waals surface area contributed by atoms with Gasteiger partial charge in [-0.25, -0.2) is 0 Å². The van der Waals surface area contributed by atoms with Crippen LogP contribution in [0, 0.1) is 17.8 Å². The summed E-state index contributed by atoms with van der Waals surface area (Å²) in [5, 5.41) is 0. The molecule has 0 radical (unpaired) electrons. The largest absolute Gasteiger partial charge is 0.469 e. The Bertz CT molecular complexity index is 233. The zero-order valence-electron chi connectivity index (χ0n) is 8.00. The topological polar surface area (TPSA) is 35.5 Å². The predicted molar refractivity (Wildman–Crippen MR) is 47.9 cm³/mol. The van der Waals surface area contributed by atoms with E-state index in [9.17, 15) is 4.79 Å². The van der Waals surface area contributed by atoms with E-state index in [4.69, 9.17) is 11.2 Å². The Morgan fingerprint density at radius 2 is 2.23 bits per heavy atom. The van der Waals surface area contributed by atoms with E-state index in [-0.39, 0.29) is 17.5 Å². The van der Waals surface area contributed by atoms with Crippen molar-refractivity contribution in [2.45, 2.75) is 25.4 Å². The first-order chi connectivity index (χ1) is 6.15. The standard InChI is InChI=1S/C10H14O3/c1-4-10(7-9(11)13-3)5-8(6-10)12-2/h1,8H,5-7H2,2-3H3. The van der Waals surface area contributed by atoms with Gasteiger partial charge in [-0.15, -0.1) is 6.42 Å². The van der Waals surface area contributed by atoms with Gasteiger partial charge in [0.2, 0.25) is 0 Å². The first kappa shape index (κ1) is 10.1. The van der Waals surface area contributed by atoms with Crippen molar-refractivity contribution in [3.8, 4) is 12.3 Å². The highest BCUT2D eigenvalue weighted by atomic mass is 16.5. The van der Waals surface area contributed by atoms with Crippen LogP contribution in [-0.4, -0.2) is 26.3 Å². The van der Waals surface area contributed by atoms with Gasteiger partial charge in [0, 0.05) is 12.5 Å². The van der Waals surface area contributed by atoms with Crippen LogP contribution in [-0.2, 0) is 14.3 Å². The second-order valence-electron chi connectivity index (χ2n) is 3.44. The number of methoxy groups -OCH3 is 2. The Kier molecular flexibility index (Phi) is 2.94. The smallest absolute Gasteiger partial charge is 0.307 e. The van der Waals surface area contributed by atoms with E-state index >= 15 is 0 Å². The van der Waals surface area contributed by atoms with Crippen molar-refractivity contribution in [1.82, 2.24) is 0 Å². The third kappa shape index (κ3) is 2.02. The molecule has 0 atom stereocenters. The van der Waals surface area contributed by atoms with Crippen molar-refractivity contribution in [2.24, 2.45) is 5.41 Å². The number of terminal acetylenes is 1. The van der Waals surface area contributed by atoms with Gasteiger partial charge >= 0.3 is 5.97 Å². The second-order valence-corrected chi connectivity index (χ2v) is 3.44. The molecule has 0 aromatic rings. The molecular formula is C10H14O3. The molecule has 1 saturated carbocycles. The molecule has 0 bridgehead atoms. The molecule has 72 valence electrons. The lowest BCUT2D eigenvalue weighted by atomic mass is 9.65. The van der Waals surface area contributed by atoms with E-state index < -0.39 is 0 Å². The summed E-state index contributed by atoms with van der Waals surface area (Å²) >= 11 is 0. The van der Waals surface area contributed by atoms with Gasteiger partial charge < -0.3 is 9.47 Å². The number of esters is 1. The molecule has 0 amide bonds. The first-order valence-corrected chi connectivity index (χ1v) is 4.23. The van der Waals surface area contributed by atoms with Gasteiger partial charge in [-0.3, -0.25) is 4.79 Å². The lowest BCUT2D eigenvalue weighted by Crippen LogP contribution is -2.42. The Morgan fingerprint density at radius 3 is 2.62 bits per heavy atom.